The third-order valence-electron chi connectivity index (χ3n) is 4.74. The third-order valence-corrected chi connectivity index (χ3v) is 4.74. The Morgan fingerprint density at radius 1 is 1.35 bits per heavy atom. The van der Waals surface area contributed by atoms with E-state index >= 15 is 0 Å². The zero-order chi connectivity index (χ0) is 15.8. The number of rotatable bonds is 2. The van der Waals surface area contributed by atoms with Gasteiger partial charge in [0.15, 0.2) is 6.10 Å². The Hall–Kier alpha value is -2.30. The van der Waals surface area contributed by atoms with E-state index < -0.39 is 0 Å². The molecular weight excluding hydrogens is 290 g/mol. The van der Waals surface area contributed by atoms with Gasteiger partial charge < -0.3 is 9.64 Å². The summed E-state index contributed by atoms with van der Waals surface area (Å²) < 4.78 is 7.85. The number of ether oxygens (including phenoxy) is 1. The van der Waals surface area contributed by atoms with E-state index in [0.29, 0.717) is 6.42 Å². The van der Waals surface area contributed by atoms with E-state index in [0.717, 1.165) is 42.8 Å². The van der Waals surface area contributed by atoms with Gasteiger partial charge in [-0.3, -0.25) is 9.48 Å². The molecule has 5 heteroatoms. The lowest BCUT2D eigenvalue weighted by Crippen LogP contribution is -2.46. The van der Waals surface area contributed by atoms with Crippen LogP contribution >= 0.6 is 0 Å². The van der Waals surface area contributed by atoms with Gasteiger partial charge in [0.1, 0.15) is 5.75 Å². The summed E-state index contributed by atoms with van der Waals surface area (Å²) in [5, 5.41) is 4.41. The van der Waals surface area contributed by atoms with Crippen molar-refractivity contribution in [2.75, 3.05) is 13.1 Å². The van der Waals surface area contributed by atoms with E-state index in [1.165, 1.54) is 0 Å². The van der Waals surface area contributed by atoms with Crippen molar-refractivity contribution in [3.63, 3.8) is 0 Å². The van der Waals surface area contributed by atoms with Crippen LogP contribution in [0.4, 0.5) is 0 Å². The first-order chi connectivity index (χ1) is 11.2. The van der Waals surface area contributed by atoms with Crippen LogP contribution in [0.3, 0.4) is 0 Å². The summed E-state index contributed by atoms with van der Waals surface area (Å²) in [5.74, 6) is 0.955. The van der Waals surface area contributed by atoms with E-state index in [9.17, 15) is 4.79 Å². The number of benzene rings is 1. The summed E-state index contributed by atoms with van der Waals surface area (Å²) in [6.07, 6.45) is 6.31. The number of para-hydroxylation sites is 1. The minimum absolute atomic E-state index is 0.106. The molecule has 5 nitrogen and oxygen atoms in total. The van der Waals surface area contributed by atoms with Gasteiger partial charge in [0, 0.05) is 25.7 Å². The van der Waals surface area contributed by atoms with Crippen LogP contribution in [0.25, 0.3) is 0 Å². The highest BCUT2D eigenvalue weighted by atomic mass is 16.5. The number of amides is 1. The first-order valence-electron chi connectivity index (χ1n) is 8.25. The highest BCUT2D eigenvalue weighted by Crippen LogP contribution is 2.30. The SMILES string of the molecule is Cc1cnn([C@@H]2CCCN(C(=O)[C@@H]3Cc4ccccc4O3)C2)c1. The smallest absolute Gasteiger partial charge is 0.264 e. The molecule has 0 bridgehead atoms. The molecule has 3 heterocycles. The monoisotopic (exact) mass is 311 g/mol. The lowest BCUT2D eigenvalue weighted by atomic mass is 10.0. The summed E-state index contributed by atoms with van der Waals surface area (Å²) >= 11 is 0. The maximum absolute atomic E-state index is 12.8. The van der Waals surface area contributed by atoms with E-state index in [1.807, 2.05) is 47.0 Å². The van der Waals surface area contributed by atoms with E-state index in [1.54, 1.807) is 0 Å². The largest absolute Gasteiger partial charge is 0.480 e. The molecule has 1 aromatic carbocycles. The molecule has 1 fully saturated rings. The van der Waals surface area contributed by atoms with Gasteiger partial charge in [-0.15, -0.1) is 0 Å². The van der Waals surface area contributed by atoms with Crippen LogP contribution in [0.5, 0.6) is 5.75 Å². The number of likely N-dealkylation sites (tertiary alicyclic amines) is 1. The molecule has 1 saturated heterocycles. The lowest BCUT2D eigenvalue weighted by Gasteiger charge is -2.34. The average Bonchev–Trinajstić information content (AvgIpc) is 3.20. The Morgan fingerprint density at radius 3 is 3.00 bits per heavy atom. The Balaban J connectivity index is 1.45. The number of nitrogens with zero attached hydrogens (tertiary/aromatic N) is 3. The molecule has 0 N–H and O–H groups in total. The van der Waals surface area contributed by atoms with E-state index in [-0.39, 0.29) is 18.1 Å². The maximum Gasteiger partial charge on any atom is 0.264 e. The molecule has 2 aliphatic rings. The summed E-state index contributed by atoms with van der Waals surface area (Å²) in [6, 6.07) is 8.18. The van der Waals surface area contributed by atoms with Gasteiger partial charge in [-0.05, 0) is 37.0 Å². The van der Waals surface area contributed by atoms with Crippen molar-refractivity contribution < 1.29 is 9.53 Å². The number of carbonyl (C=O) groups excluding carboxylic acids is 1. The second-order valence-electron chi connectivity index (χ2n) is 6.50. The Bertz CT molecular complexity index is 700. The molecule has 1 aromatic heterocycles. The molecule has 23 heavy (non-hydrogen) atoms. The van der Waals surface area contributed by atoms with Crippen molar-refractivity contribution in [3.8, 4) is 5.75 Å². The van der Waals surface area contributed by atoms with Gasteiger partial charge in [0.2, 0.25) is 0 Å². The summed E-state index contributed by atoms with van der Waals surface area (Å²) in [6.45, 7) is 3.57. The van der Waals surface area contributed by atoms with Gasteiger partial charge in [0.25, 0.3) is 5.91 Å². The molecule has 2 aliphatic heterocycles. The zero-order valence-electron chi connectivity index (χ0n) is 13.3. The highest BCUT2D eigenvalue weighted by Gasteiger charge is 2.34. The first kappa shape index (κ1) is 14.3. The normalized spacial score (nSPS) is 23.4. The molecule has 0 unspecified atom stereocenters. The van der Waals surface area contributed by atoms with Gasteiger partial charge in [-0.25, -0.2) is 0 Å². The number of aryl methyl sites for hydroxylation is 1. The number of fused-ring (bicyclic) bond motifs is 1. The van der Waals surface area contributed by atoms with E-state index in [2.05, 4.69) is 11.3 Å². The lowest BCUT2D eigenvalue weighted by molar-refractivity contribution is -0.139. The topological polar surface area (TPSA) is 47.4 Å². The predicted molar refractivity (Wildman–Crippen MR) is 86.4 cm³/mol. The van der Waals surface area contributed by atoms with Crippen molar-refractivity contribution in [1.29, 1.82) is 0 Å². The number of hydrogen-bond acceptors (Lipinski definition) is 3. The quantitative estimate of drug-likeness (QED) is 0.855. The molecule has 2 atom stereocenters. The molecule has 4 rings (SSSR count). The molecule has 120 valence electrons. The fourth-order valence-corrected chi connectivity index (χ4v) is 3.53. The zero-order valence-corrected chi connectivity index (χ0v) is 13.3. The van der Waals surface area contributed by atoms with Crippen molar-refractivity contribution in [1.82, 2.24) is 14.7 Å². The second-order valence-corrected chi connectivity index (χ2v) is 6.50. The predicted octanol–water partition coefficient (Wildman–Crippen LogP) is 2.36. The molecule has 0 saturated carbocycles. The van der Waals surface area contributed by atoms with Crippen LogP contribution in [0.15, 0.2) is 36.7 Å². The van der Waals surface area contributed by atoms with Crippen LogP contribution < -0.4 is 4.74 Å². The third kappa shape index (κ3) is 2.71. The Labute approximate surface area is 135 Å². The molecule has 0 aliphatic carbocycles. The molecule has 2 aromatic rings. The van der Waals surface area contributed by atoms with Crippen molar-refractivity contribution in [2.24, 2.45) is 0 Å². The van der Waals surface area contributed by atoms with Gasteiger partial charge in [-0.2, -0.15) is 5.10 Å². The molecule has 1 amide bonds. The maximum atomic E-state index is 12.8. The summed E-state index contributed by atoms with van der Waals surface area (Å²) in [5.41, 5.74) is 2.28. The second kappa shape index (κ2) is 5.72. The number of aromatic nitrogens is 2. The standard InChI is InChI=1S/C18H21N3O2/c1-13-10-19-21(11-13)15-6-4-8-20(12-15)18(22)17-9-14-5-2-3-7-16(14)23-17/h2-3,5,7,10-11,15,17H,4,6,8-9,12H2,1H3/t15-,17+/m1/s1. The fourth-order valence-electron chi connectivity index (χ4n) is 3.53. The van der Waals surface area contributed by atoms with Crippen LogP contribution in [-0.4, -0.2) is 39.8 Å². The highest BCUT2D eigenvalue weighted by molar-refractivity contribution is 5.82. The first-order valence-corrected chi connectivity index (χ1v) is 8.25. The van der Waals surface area contributed by atoms with Crippen LogP contribution in [-0.2, 0) is 11.2 Å². The molecule has 0 spiro atoms. The van der Waals surface area contributed by atoms with Crippen molar-refractivity contribution in [2.45, 2.75) is 38.3 Å². The summed E-state index contributed by atoms with van der Waals surface area (Å²) in [4.78, 5) is 14.8. The minimum atomic E-state index is -0.370. The van der Waals surface area contributed by atoms with Crippen LogP contribution in [0.2, 0.25) is 0 Å². The minimum Gasteiger partial charge on any atom is -0.480 e. The van der Waals surface area contributed by atoms with Crippen LogP contribution in [0, 0.1) is 6.92 Å². The van der Waals surface area contributed by atoms with Gasteiger partial charge in [-0.1, -0.05) is 18.2 Å². The summed E-state index contributed by atoms with van der Waals surface area (Å²) in [7, 11) is 0. The molecule has 0 radical (unpaired) electrons. The van der Waals surface area contributed by atoms with Crippen molar-refractivity contribution in [3.05, 3.63) is 47.8 Å². The average molecular weight is 311 g/mol. The van der Waals surface area contributed by atoms with E-state index in [4.69, 9.17) is 4.74 Å². The number of carbonyl (C=O) groups is 1. The Morgan fingerprint density at radius 2 is 2.22 bits per heavy atom. The number of piperidine rings is 1. The number of hydrogen-bond donors (Lipinski definition) is 0. The molecular formula is C18H21N3O2. The van der Waals surface area contributed by atoms with Gasteiger partial charge in [0.05, 0.1) is 12.2 Å². The van der Waals surface area contributed by atoms with Crippen LogP contribution in [0.1, 0.15) is 30.0 Å². The Kier molecular flexibility index (Phi) is 3.56. The van der Waals surface area contributed by atoms with Gasteiger partial charge >= 0.3 is 0 Å². The fraction of sp³-hybridized carbons (Fsp3) is 0.444. The van der Waals surface area contributed by atoms with Crippen molar-refractivity contribution >= 4 is 5.91 Å².